The Hall–Kier alpha value is -2.34. The Morgan fingerprint density at radius 2 is 2.04 bits per heavy atom. The van der Waals surface area contributed by atoms with Gasteiger partial charge in [0.1, 0.15) is 0 Å². The van der Waals surface area contributed by atoms with Crippen molar-refractivity contribution in [1.29, 1.82) is 0 Å². The van der Waals surface area contributed by atoms with E-state index in [1.54, 1.807) is 24.8 Å². The van der Waals surface area contributed by atoms with Gasteiger partial charge in [-0.2, -0.15) is 0 Å². The summed E-state index contributed by atoms with van der Waals surface area (Å²) < 4.78 is 0. The van der Waals surface area contributed by atoms with Crippen LogP contribution in [0, 0.1) is 5.92 Å². The molecule has 1 amide bonds. The van der Waals surface area contributed by atoms with E-state index in [0.717, 1.165) is 24.2 Å². The van der Waals surface area contributed by atoms with Crippen molar-refractivity contribution in [3.63, 3.8) is 0 Å². The van der Waals surface area contributed by atoms with Crippen molar-refractivity contribution in [3.8, 4) is 0 Å². The van der Waals surface area contributed by atoms with Gasteiger partial charge in [-0.15, -0.1) is 0 Å². The van der Waals surface area contributed by atoms with E-state index >= 15 is 0 Å². The van der Waals surface area contributed by atoms with Crippen molar-refractivity contribution >= 4 is 5.91 Å². The molecule has 1 aliphatic carbocycles. The molecule has 1 atom stereocenters. The van der Waals surface area contributed by atoms with E-state index in [1.807, 2.05) is 18.2 Å². The van der Waals surface area contributed by atoms with Crippen molar-refractivity contribution in [2.75, 3.05) is 0 Å². The number of aryl methyl sites for hydroxylation is 1. The lowest BCUT2D eigenvalue weighted by Gasteiger charge is -2.38. The minimum atomic E-state index is -0.238. The molecule has 0 unspecified atom stereocenters. The number of hydrogen-bond donors (Lipinski definition) is 2. The minimum absolute atomic E-state index is 0.00275. The third kappa shape index (κ3) is 4.58. The molecule has 2 N–H and O–H groups in total. The maximum Gasteiger partial charge on any atom is 0.220 e. The molecule has 24 heavy (non-hydrogen) atoms. The molecule has 126 valence electrons. The van der Waals surface area contributed by atoms with Crippen LogP contribution in [0.4, 0.5) is 0 Å². The highest BCUT2D eigenvalue weighted by Crippen LogP contribution is 2.31. The summed E-state index contributed by atoms with van der Waals surface area (Å²) >= 11 is 0. The van der Waals surface area contributed by atoms with Gasteiger partial charge in [-0.25, -0.2) is 0 Å². The normalized spacial score (nSPS) is 20.9. The minimum Gasteiger partial charge on any atom is -0.393 e. The average molecular weight is 326 g/mol. The zero-order valence-corrected chi connectivity index (χ0v) is 13.5. The number of nitrogens with zero attached hydrogens (tertiary/aromatic N) is 3. The molecule has 0 saturated heterocycles. The van der Waals surface area contributed by atoms with Gasteiger partial charge in [0, 0.05) is 49.4 Å². The first kappa shape index (κ1) is 16.5. The molecule has 6 heteroatoms. The Kier molecular flexibility index (Phi) is 5.48. The number of nitrogens with one attached hydrogen (secondary N) is 1. The third-order valence-electron chi connectivity index (χ3n) is 4.45. The number of aromatic nitrogens is 3. The number of carbonyl (C=O) groups excluding carboxylic acids is 1. The Morgan fingerprint density at radius 1 is 1.21 bits per heavy atom. The molecular weight excluding hydrogens is 304 g/mol. The molecule has 2 aromatic heterocycles. The first-order valence-electron chi connectivity index (χ1n) is 8.33. The summed E-state index contributed by atoms with van der Waals surface area (Å²) in [7, 11) is 0. The molecular formula is C18H22N4O2. The number of carbonyl (C=O) groups is 1. The number of rotatable bonds is 7. The standard InChI is InChI=1S/C18H22N4O2/c23-16-9-13(10-16)17(11-14-3-1-2-6-20-14)22-18(24)5-4-15-12-19-7-8-21-15/h1-3,6-8,12-13,16-17,23H,4-5,9-11H2,(H,22,24)/t13?,16?,17-/m0/s1. The molecule has 2 aromatic rings. The van der Waals surface area contributed by atoms with Gasteiger partial charge in [0.05, 0.1) is 11.8 Å². The zero-order valence-electron chi connectivity index (χ0n) is 13.5. The number of aliphatic hydroxyl groups excluding tert-OH is 1. The molecule has 0 aliphatic heterocycles. The predicted molar refractivity (Wildman–Crippen MR) is 89.0 cm³/mol. The Morgan fingerprint density at radius 3 is 2.71 bits per heavy atom. The summed E-state index contributed by atoms with van der Waals surface area (Å²) in [6, 6.07) is 5.81. The van der Waals surface area contributed by atoms with Crippen molar-refractivity contribution in [2.45, 2.75) is 44.2 Å². The van der Waals surface area contributed by atoms with Crippen LogP contribution >= 0.6 is 0 Å². The highest BCUT2D eigenvalue weighted by Gasteiger charge is 2.34. The first-order valence-corrected chi connectivity index (χ1v) is 8.33. The van der Waals surface area contributed by atoms with E-state index in [9.17, 15) is 9.90 Å². The van der Waals surface area contributed by atoms with Crippen LogP contribution in [0.5, 0.6) is 0 Å². The molecule has 1 fully saturated rings. The van der Waals surface area contributed by atoms with Crippen LogP contribution in [0.1, 0.15) is 30.7 Å². The first-order chi connectivity index (χ1) is 11.7. The van der Waals surface area contributed by atoms with Crippen LogP contribution in [0.3, 0.4) is 0 Å². The molecule has 1 aliphatic rings. The van der Waals surface area contributed by atoms with E-state index in [4.69, 9.17) is 0 Å². The summed E-state index contributed by atoms with van der Waals surface area (Å²) in [6.07, 6.45) is 9.58. The zero-order chi connectivity index (χ0) is 16.8. The van der Waals surface area contributed by atoms with E-state index in [0.29, 0.717) is 25.2 Å². The van der Waals surface area contributed by atoms with Gasteiger partial charge in [-0.05, 0) is 37.3 Å². The summed E-state index contributed by atoms with van der Waals surface area (Å²) in [5, 5.41) is 12.7. The van der Waals surface area contributed by atoms with Gasteiger partial charge in [-0.3, -0.25) is 19.7 Å². The SMILES string of the molecule is O=C(CCc1cnccn1)N[C@@H](Cc1ccccn1)C1CC(O)C1. The summed E-state index contributed by atoms with van der Waals surface area (Å²) in [5.41, 5.74) is 1.77. The monoisotopic (exact) mass is 326 g/mol. The molecule has 0 aromatic carbocycles. The smallest absolute Gasteiger partial charge is 0.220 e. The second-order valence-electron chi connectivity index (χ2n) is 6.28. The number of pyridine rings is 1. The third-order valence-corrected chi connectivity index (χ3v) is 4.45. The lowest BCUT2D eigenvalue weighted by atomic mass is 9.76. The fourth-order valence-electron chi connectivity index (χ4n) is 3.02. The van der Waals surface area contributed by atoms with Gasteiger partial charge >= 0.3 is 0 Å². The Bertz CT molecular complexity index is 645. The van der Waals surface area contributed by atoms with Gasteiger partial charge in [0.15, 0.2) is 0 Å². The lowest BCUT2D eigenvalue weighted by Crippen LogP contribution is -2.48. The van der Waals surface area contributed by atoms with Crippen molar-refractivity contribution in [1.82, 2.24) is 20.3 Å². The highest BCUT2D eigenvalue weighted by atomic mass is 16.3. The summed E-state index contributed by atoms with van der Waals surface area (Å²) in [5.74, 6) is 0.311. The van der Waals surface area contributed by atoms with Gasteiger partial charge in [0.25, 0.3) is 0 Å². The fraction of sp³-hybridized carbons (Fsp3) is 0.444. The average Bonchev–Trinajstić information content (AvgIpc) is 2.58. The second kappa shape index (κ2) is 7.97. The van der Waals surface area contributed by atoms with Gasteiger partial charge in [0.2, 0.25) is 5.91 Å². The Balaban J connectivity index is 1.55. The van der Waals surface area contributed by atoms with Crippen LogP contribution in [0.25, 0.3) is 0 Å². The summed E-state index contributed by atoms with van der Waals surface area (Å²) in [4.78, 5) is 24.8. The van der Waals surface area contributed by atoms with Crippen LogP contribution in [-0.2, 0) is 17.6 Å². The quantitative estimate of drug-likeness (QED) is 0.801. The molecule has 3 rings (SSSR count). The van der Waals surface area contributed by atoms with Crippen LogP contribution in [0.2, 0.25) is 0 Å². The Labute approximate surface area is 141 Å². The van der Waals surface area contributed by atoms with Crippen molar-refractivity contribution in [3.05, 3.63) is 54.4 Å². The lowest BCUT2D eigenvalue weighted by molar-refractivity contribution is -0.122. The molecule has 2 heterocycles. The van der Waals surface area contributed by atoms with E-state index in [1.165, 1.54) is 0 Å². The molecule has 6 nitrogen and oxygen atoms in total. The van der Waals surface area contributed by atoms with Crippen LogP contribution in [-0.4, -0.2) is 38.1 Å². The number of amides is 1. The highest BCUT2D eigenvalue weighted by molar-refractivity contribution is 5.76. The van der Waals surface area contributed by atoms with E-state index in [-0.39, 0.29) is 18.1 Å². The van der Waals surface area contributed by atoms with E-state index in [2.05, 4.69) is 20.3 Å². The van der Waals surface area contributed by atoms with Crippen LogP contribution in [0.15, 0.2) is 43.0 Å². The van der Waals surface area contributed by atoms with Crippen molar-refractivity contribution < 1.29 is 9.90 Å². The second-order valence-corrected chi connectivity index (χ2v) is 6.28. The molecule has 0 bridgehead atoms. The van der Waals surface area contributed by atoms with Crippen molar-refractivity contribution in [2.24, 2.45) is 5.92 Å². The summed E-state index contributed by atoms with van der Waals surface area (Å²) in [6.45, 7) is 0. The fourth-order valence-corrected chi connectivity index (χ4v) is 3.02. The predicted octanol–water partition coefficient (Wildman–Crippen LogP) is 1.30. The van der Waals surface area contributed by atoms with Gasteiger partial charge < -0.3 is 10.4 Å². The number of aliphatic hydroxyl groups is 1. The number of hydrogen-bond acceptors (Lipinski definition) is 5. The molecule has 0 spiro atoms. The maximum atomic E-state index is 12.3. The van der Waals surface area contributed by atoms with Gasteiger partial charge in [-0.1, -0.05) is 6.07 Å². The maximum absolute atomic E-state index is 12.3. The topological polar surface area (TPSA) is 88.0 Å². The molecule has 0 radical (unpaired) electrons. The molecule has 1 saturated carbocycles. The largest absolute Gasteiger partial charge is 0.393 e. The van der Waals surface area contributed by atoms with Crippen LogP contribution < -0.4 is 5.32 Å². The van der Waals surface area contributed by atoms with E-state index < -0.39 is 0 Å².